The van der Waals surface area contributed by atoms with Crippen molar-refractivity contribution in [2.24, 2.45) is 0 Å². The Kier molecular flexibility index (Phi) is 6.15. The number of likely N-dealkylation sites (N-methyl/N-ethyl adjacent to an activating group) is 1. The van der Waals surface area contributed by atoms with Crippen LogP contribution in [0.3, 0.4) is 0 Å². The Balaban J connectivity index is 2.04. The molecule has 2 aromatic rings. The number of halogens is 5. The van der Waals surface area contributed by atoms with Crippen LogP contribution in [0.25, 0.3) is 0 Å². The summed E-state index contributed by atoms with van der Waals surface area (Å²) in [5.41, 5.74) is -0.794. The Hall–Kier alpha value is -2.25. The molecule has 0 aromatic heterocycles. The second-order valence-corrected chi connectivity index (χ2v) is 6.25. The van der Waals surface area contributed by atoms with Gasteiger partial charge in [-0.1, -0.05) is 23.2 Å². The van der Waals surface area contributed by atoms with Crippen molar-refractivity contribution in [3.8, 4) is 0 Å². The van der Waals surface area contributed by atoms with Crippen molar-refractivity contribution in [2.45, 2.75) is 6.18 Å². The number of rotatable bonds is 4. The molecule has 0 spiro atoms. The van der Waals surface area contributed by atoms with Crippen molar-refractivity contribution in [2.75, 3.05) is 18.9 Å². The van der Waals surface area contributed by atoms with E-state index in [4.69, 9.17) is 23.2 Å². The number of hydrogen-bond acceptors (Lipinski definition) is 2. The molecule has 0 aliphatic carbocycles. The lowest BCUT2D eigenvalue weighted by Gasteiger charge is -2.17. The van der Waals surface area contributed by atoms with E-state index >= 15 is 0 Å². The number of carbonyl (C=O) groups is 2. The van der Waals surface area contributed by atoms with E-state index in [1.807, 2.05) is 0 Å². The quantitative estimate of drug-likeness (QED) is 0.800. The zero-order valence-corrected chi connectivity index (χ0v) is 14.9. The predicted octanol–water partition coefficient (Wildman–Crippen LogP) is 4.72. The van der Waals surface area contributed by atoms with Gasteiger partial charge in [0.2, 0.25) is 5.91 Å². The van der Waals surface area contributed by atoms with E-state index in [9.17, 15) is 22.8 Å². The minimum Gasteiger partial charge on any atom is -0.332 e. The van der Waals surface area contributed by atoms with E-state index in [-0.39, 0.29) is 12.2 Å². The highest BCUT2D eigenvalue weighted by Gasteiger charge is 2.33. The van der Waals surface area contributed by atoms with Gasteiger partial charge in [-0.05, 0) is 42.5 Å². The highest BCUT2D eigenvalue weighted by atomic mass is 35.5. The summed E-state index contributed by atoms with van der Waals surface area (Å²) in [5.74, 6) is -1.07. The number of carbonyl (C=O) groups excluding carboxylic acids is 2. The molecule has 0 saturated carbocycles. The van der Waals surface area contributed by atoms with Gasteiger partial charge in [-0.15, -0.1) is 0 Å². The Bertz CT molecular complexity index is 824. The summed E-state index contributed by atoms with van der Waals surface area (Å²) >= 11 is 11.3. The van der Waals surface area contributed by atoms with Crippen molar-refractivity contribution < 1.29 is 22.8 Å². The minimum absolute atomic E-state index is 0.0703. The van der Waals surface area contributed by atoms with Crippen LogP contribution in [0.2, 0.25) is 10.0 Å². The van der Waals surface area contributed by atoms with Gasteiger partial charge in [-0.3, -0.25) is 9.59 Å². The minimum atomic E-state index is -4.64. The maximum atomic E-state index is 12.8. The molecule has 9 heteroatoms. The lowest BCUT2D eigenvalue weighted by atomic mass is 10.2. The standard InChI is InChI=1S/C17H13Cl2F3N2O2/c1-24(16(26)10-2-4-11(18)5-3-10)9-15(25)23-12-6-7-14(19)13(8-12)17(20,21)22/h2-8H,9H2,1H3,(H,23,25). The first-order valence-electron chi connectivity index (χ1n) is 7.25. The molecular formula is C17H13Cl2F3N2O2. The Morgan fingerprint density at radius 2 is 1.69 bits per heavy atom. The van der Waals surface area contributed by atoms with Crippen LogP contribution in [0.1, 0.15) is 15.9 Å². The van der Waals surface area contributed by atoms with Crippen LogP contribution in [0, 0.1) is 0 Å². The van der Waals surface area contributed by atoms with Crippen molar-refractivity contribution in [1.82, 2.24) is 4.90 Å². The summed E-state index contributed by atoms with van der Waals surface area (Å²) in [5, 5.41) is 2.31. The summed E-state index contributed by atoms with van der Waals surface area (Å²) in [4.78, 5) is 25.4. The number of nitrogens with one attached hydrogen (secondary N) is 1. The van der Waals surface area contributed by atoms with Crippen LogP contribution in [0.4, 0.5) is 18.9 Å². The first-order valence-corrected chi connectivity index (χ1v) is 8.01. The smallest absolute Gasteiger partial charge is 0.332 e. The van der Waals surface area contributed by atoms with E-state index in [1.165, 1.54) is 37.4 Å². The molecule has 0 unspecified atom stereocenters. The second-order valence-electron chi connectivity index (χ2n) is 5.41. The molecule has 26 heavy (non-hydrogen) atoms. The van der Waals surface area contributed by atoms with E-state index in [2.05, 4.69) is 5.32 Å². The fraction of sp³-hybridized carbons (Fsp3) is 0.176. The van der Waals surface area contributed by atoms with Crippen molar-refractivity contribution in [1.29, 1.82) is 0 Å². The Morgan fingerprint density at radius 1 is 1.08 bits per heavy atom. The van der Waals surface area contributed by atoms with Gasteiger partial charge in [0, 0.05) is 23.3 Å². The molecule has 0 radical (unpaired) electrons. The summed E-state index contributed by atoms with van der Waals surface area (Å²) < 4.78 is 38.5. The van der Waals surface area contributed by atoms with Crippen LogP contribution in [-0.2, 0) is 11.0 Å². The summed E-state index contributed by atoms with van der Waals surface area (Å²) in [6.07, 6.45) is -4.64. The first-order chi connectivity index (χ1) is 12.1. The summed E-state index contributed by atoms with van der Waals surface area (Å²) in [6.45, 7) is -0.342. The molecule has 0 saturated heterocycles. The lowest BCUT2D eigenvalue weighted by Crippen LogP contribution is -2.34. The van der Waals surface area contributed by atoms with Crippen molar-refractivity contribution in [3.63, 3.8) is 0 Å². The summed E-state index contributed by atoms with van der Waals surface area (Å²) in [6, 6.07) is 9.12. The third-order valence-electron chi connectivity index (χ3n) is 3.37. The Labute approximate surface area is 157 Å². The fourth-order valence-electron chi connectivity index (χ4n) is 2.12. The van der Waals surface area contributed by atoms with Crippen LogP contribution in [0.15, 0.2) is 42.5 Å². The molecule has 0 atom stereocenters. The van der Waals surface area contributed by atoms with E-state index in [1.54, 1.807) is 0 Å². The van der Waals surface area contributed by atoms with Crippen molar-refractivity contribution in [3.05, 3.63) is 63.6 Å². The topological polar surface area (TPSA) is 49.4 Å². The lowest BCUT2D eigenvalue weighted by molar-refractivity contribution is -0.137. The number of hydrogen-bond donors (Lipinski definition) is 1. The number of benzene rings is 2. The van der Waals surface area contributed by atoms with Gasteiger partial charge in [0.1, 0.15) is 0 Å². The third kappa shape index (κ3) is 5.12. The van der Waals surface area contributed by atoms with Gasteiger partial charge >= 0.3 is 6.18 Å². The molecule has 0 fully saturated rings. The first kappa shape index (κ1) is 20.1. The van der Waals surface area contributed by atoms with Crippen LogP contribution in [-0.4, -0.2) is 30.3 Å². The average molecular weight is 405 g/mol. The second kappa shape index (κ2) is 7.97. The molecule has 2 aromatic carbocycles. The highest BCUT2D eigenvalue weighted by molar-refractivity contribution is 6.31. The molecule has 2 amide bonds. The summed E-state index contributed by atoms with van der Waals surface area (Å²) in [7, 11) is 1.40. The number of amides is 2. The van der Waals surface area contributed by atoms with Crippen LogP contribution >= 0.6 is 23.2 Å². The van der Waals surface area contributed by atoms with Crippen LogP contribution < -0.4 is 5.32 Å². The third-order valence-corrected chi connectivity index (χ3v) is 3.96. The maximum absolute atomic E-state index is 12.8. The van der Waals surface area contributed by atoms with E-state index in [0.717, 1.165) is 17.0 Å². The largest absolute Gasteiger partial charge is 0.417 e. The molecule has 2 rings (SSSR count). The van der Waals surface area contributed by atoms with Crippen LogP contribution in [0.5, 0.6) is 0 Å². The molecule has 0 bridgehead atoms. The normalized spacial score (nSPS) is 11.2. The monoisotopic (exact) mass is 404 g/mol. The molecule has 0 heterocycles. The van der Waals surface area contributed by atoms with Gasteiger partial charge in [0.05, 0.1) is 17.1 Å². The number of nitrogens with zero attached hydrogens (tertiary/aromatic N) is 1. The molecular weight excluding hydrogens is 392 g/mol. The zero-order chi connectivity index (χ0) is 19.5. The maximum Gasteiger partial charge on any atom is 0.417 e. The van der Waals surface area contributed by atoms with Gasteiger partial charge in [0.15, 0.2) is 0 Å². The predicted molar refractivity (Wildman–Crippen MR) is 93.5 cm³/mol. The average Bonchev–Trinajstić information content (AvgIpc) is 2.55. The van der Waals surface area contributed by atoms with E-state index < -0.39 is 28.6 Å². The van der Waals surface area contributed by atoms with Gasteiger partial charge in [-0.2, -0.15) is 13.2 Å². The van der Waals surface area contributed by atoms with Crippen molar-refractivity contribution >= 4 is 40.7 Å². The molecule has 1 N–H and O–H groups in total. The molecule has 138 valence electrons. The SMILES string of the molecule is CN(CC(=O)Nc1ccc(Cl)c(C(F)(F)F)c1)C(=O)c1ccc(Cl)cc1. The molecule has 4 nitrogen and oxygen atoms in total. The number of anilines is 1. The van der Waals surface area contributed by atoms with Gasteiger partial charge < -0.3 is 10.2 Å². The Morgan fingerprint density at radius 3 is 2.27 bits per heavy atom. The van der Waals surface area contributed by atoms with Gasteiger partial charge in [0.25, 0.3) is 5.91 Å². The highest BCUT2D eigenvalue weighted by Crippen LogP contribution is 2.36. The number of alkyl halides is 3. The fourth-order valence-corrected chi connectivity index (χ4v) is 2.47. The zero-order valence-electron chi connectivity index (χ0n) is 13.4. The van der Waals surface area contributed by atoms with E-state index in [0.29, 0.717) is 10.6 Å². The van der Waals surface area contributed by atoms with Gasteiger partial charge in [-0.25, -0.2) is 0 Å². The molecule has 0 aliphatic heterocycles. The molecule has 0 aliphatic rings.